The average Bonchev–Trinajstić information content (AvgIpc) is 2.91. The van der Waals surface area contributed by atoms with Gasteiger partial charge in [-0.2, -0.15) is 0 Å². The molecule has 3 rings (SSSR count). The zero-order valence-corrected chi connectivity index (χ0v) is 11.7. The Morgan fingerprint density at radius 2 is 2.11 bits per heavy atom. The van der Waals surface area contributed by atoms with Gasteiger partial charge in [0.25, 0.3) is 0 Å². The number of ether oxygens (including phenoxy) is 2. The lowest BCUT2D eigenvalue weighted by molar-refractivity contribution is 0.160. The van der Waals surface area contributed by atoms with Crippen LogP contribution in [0.4, 0.5) is 0 Å². The molecule has 1 aliphatic rings. The van der Waals surface area contributed by atoms with Gasteiger partial charge in [-0.3, -0.25) is 0 Å². The van der Waals surface area contributed by atoms with Crippen molar-refractivity contribution in [1.29, 1.82) is 0 Å². The molecule has 1 atom stereocenters. The summed E-state index contributed by atoms with van der Waals surface area (Å²) in [5.74, 6) is 2.10. The molecule has 0 fully saturated rings. The fraction of sp³-hybridized carbons (Fsp3) is 0.286. The van der Waals surface area contributed by atoms with E-state index < -0.39 is 6.10 Å². The van der Waals surface area contributed by atoms with Crippen LogP contribution in [0.15, 0.2) is 39.4 Å². The minimum atomic E-state index is -0.640. The molecule has 2 heterocycles. The highest BCUT2D eigenvalue weighted by atomic mass is 79.9. The highest BCUT2D eigenvalue weighted by Gasteiger charge is 2.19. The van der Waals surface area contributed by atoms with Crippen molar-refractivity contribution in [2.45, 2.75) is 12.5 Å². The molecule has 5 heteroatoms. The van der Waals surface area contributed by atoms with Crippen molar-refractivity contribution in [1.82, 2.24) is 0 Å². The van der Waals surface area contributed by atoms with Crippen molar-refractivity contribution in [2.75, 3.05) is 13.2 Å². The topological polar surface area (TPSA) is 51.8 Å². The summed E-state index contributed by atoms with van der Waals surface area (Å²) in [7, 11) is 0. The van der Waals surface area contributed by atoms with E-state index in [2.05, 4.69) is 15.9 Å². The van der Waals surface area contributed by atoms with Crippen LogP contribution in [0.2, 0.25) is 0 Å². The Bertz CT molecular complexity index is 565. The maximum atomic E-state index is 10.2. The molecule has 1 aromatic heterocycles. The molecule has 100 valence electrons. The van der Waals surface area contributed by atoms with E-state index in [1.807, 2.05) is 24.3 Å². The van der Waals surface area contributed by atoms with Gasteiger partial charge < -0.3 is 19.0 Å². The van der Waals surface area contributed by atoms with Gasteiger partial charge in [-0.1, -0.05) is 0 Å². The molecule has 0 amide bonds. The highest BCUT2D eigenvalue weighted by molar-refractivity contribution is 9.10. The molecule has 0 saturated heterocycles. The minimum absolute atomic E-state index is 0.430. The summed E-state index contributed by atoms with van der Waals surface area (Å²) in [6, 6.07) is 7.31. The molecular weight excluding hydrogens is 312 g/mol. The van der Waals surface area contributed by atoms with Crippen LogP contribution < -0.4 is 9.47 Å². The molecule has 19 heavy (non-hydrogen) atoms. The van der Waals surface area contributed by atoms with Gasteiger partial charge in [0, 0.05) is 6.42 Å². The molecule has 4 nitrogen and oxygen atoms in total. The van der Waals surface area contributed by atoms with E-state index in [-0.39, 0.29) is 0 Å². The maximum absolute atomic E-state index is 10.2. The Labute approximate surface area is 119 Å². The number of benzene rings is 1. The van der Waals surface area contributed by atoms with Crippen LogP contribution in [0.1, 0.15) is 17.4 Å². The minimum Gasteiger partial charge on any atom is -0.486 e. The van der Waals surface area contributed by atoms with Crippen LogP contribution in [0, 0.1) is 0 Å². The summed E-state index contributed by atoms with van der Waals surface area (Å²) >= 11 is 3.44. The normalized spacial score (nSPS) is 15.3. The summed E-state index contributed by atoms with van der Waals surface area (Å²) in [4.78, 5) is 0. The third kappa shape index (κ3) is 2.62. The monoisotopic (exact) mass is 324 g/mol. The lowest BCUT2D eigenvalue weighted by Crippen LogP contribution is -2.16. The molecule has 1 unspecified atom stereocenters. The Hall–Kier alpha value is -1.46. The Balaban J connectivity index is 1.86. The van der Waals surface area contributed by atoms with Gasteiger partial charge in [-0.25, -0.2) is 0 Å². The number of furan rings is 1. The third-order valence-electron chi connectivity index (χ3n) is 2.98. The second-order valence-corrected chi connectivity index (χ2v) is 5.18. The molecule has 1 aromatic carbocycles. The Morgan fingerprint density at radius 1 is 1.26 bits per heavy atom. The lowest BCUT2D eigenvalue weighted by Gasteiger charge is -2.21. The zero-order chi connectivity index (χ0) is 13.2. The number of hydrogen-bond acceptors (Lipinski definition) is 4. The van der Waals surface area contributed by atoms with E-state index in [0.29, 0.717) is 31.1 Å². The first kappa shape index (κ1) is 12.6. The van der Waals surface area contributed by atoms with Crippen molar-refractivity contribution >= 4 is 15.9 Å². The number of aliphatic hydroxyl groups excluding tert-OH is 1. The number of fused-ring (bicyclic) bond motifs is 1. The van der Waals surface area contributed by atoms with E-state index in [4.69, 9.17) is 13.9 Å². The number of halogens is 1. The summed E-state index contributed by atoms with van der Waals surface area (Å²) in [5, 5.41) is 10.2. The van der Waals surface area contributed by atoms with Gasteiger partial charge in [0.1, 0.15) is 19.0 Å². The number of rotatable bonds is 3. The first-order chi connectivity index (χ1) is 9.24. The van der Waals surface area contributed by atoms with Crippen molar-refractivity contribution in [3.63, 3.8) is 0 Å². The molecule has 2 aromatic rings. The van der Waals surface area contributed by atoms with Crippen LogP contribution in [-0.4, -0.2) is 18.3 Å². The Morgan fingerprint density at radius 3 is 2.89 bits per heavy atom. The van der Waals surface area contributed by atoms with Crippen LogP contribution in [0.25, 0.3) is 0 Å². The average molecular weight is 325 g/mol. The molecular formula is C14H13BrO4. The third-order valence-corrected chi connectivity index (χ3v) is 3.57. The molecule has 1 aliphatic heterocycles. The SMILES string of the molecule is OC(Cc1ccco1)c1cc(Br)c2c(c1)OCCO2. The van der Waals surface area contributed by atoms with Crippen molar-refractivity contribution in [3.8, 4) is 11.5 Å². The Kier molecular flexibility index (Phi) is 3.48. The standard InChI is InChI=1S/C14H13BrO4/c15-11-6-9(7-13-14(11)19-5-4-18-13)12(16)8-10-2-1-3-17-10/h1-3,6-7,12,16H,4-5,8H2. The second-order valence-electron chi connectivity index (χ2n) is 4.33. The predicted octanol–water partition coefficient (Wildman–Crippen LogP) is 3.09. The quantitative estimate of drug-likeness (QED) is 0.942. The summed E-state index contributed by atoms with van der Waals surface area (Å²) in [6.07, 6.45) is 1.39. The molecule has 0 saturated carbocycles. The van der Waals surface area contributed by atoms with Crippen molar-refractivity contribution in [2.24, 2.45) is 0 Å². The fourth-order valence-corrected chi connectivity index (χ4v) is 2.63. The molecule has 0 bridgehead atoms. The zero-order valence-electron chi connectivity index (χ0n) is 10.1. The largest absolute Gasteiger partial charge is 0.486 e. The molecule has 1 N–H and O–H groups in total. The number of aliphatic hydroxyl groups is 1. The highest BCUT2D eigenvalue weighted by Crippen LogP contribution is 2.40. The summed E-state index contributed by atoms with van der Waals surface area (Å²) in [5.41, 5.74) is 0.771. The predicted molar refractivity (Wildman–Crippen MR) is 72.5 cm³/mol. The fourth-order valence-electron chi connectivity index (χ4n) is 2.06. The molecule has 0 radical (unpaired) electrons. The van der Waals surface area contributed by atoms with Crippen LogP contribution in [0.3, 0.4) is 0 Å². The van der Waals surface area contributed by atoms with Crippen LogP contribution in [0.5, 0.6) is 11.5 Å². The van der Waals surface area contributed by atoms with E-state index in [1.165, 1.54) is 0 Å². The summed E-state index contributed by atoms with van der Waals surface area (Å²) in [6.45, 7) is 1.07. The van der Waals surface area contributed by atoms with Crippen molar-refractivity contribution < 1.29 is 19.0 Å². The summed E-state index contributed by atoms with van der Waals surface area (Å²) < 4.78 is 17.1. The van der Waals surface area contributed by atoms with Gasteiger partial charge in [0.05, 0.1) is 16.8 Å². The van der Waals surface area contributed by atoms with Crippen LogP contribution >= 0.6 is 15.9 Å². The van der Waals surface area contributed by atoms with Gasteiger partial charge >= 0.3 is 0 Å². The number of hydrogen-bond donors (Lipinski definition) is 1. The van der Waals surface area contributed by atoms with E-state index in [9.17, 15) is 5.11 Å². The van der Waals surface area contributed by atoms with Gasteiger partial charge in [0.15, 0.2) is 11.5 Å². The van der Waals surface area contributed by atoms with Gasteiger partial charge in [0.2, 0.25) is 0 Å². The van der Waals surface area contributed by atoms with Gasteiger partial charge in [-0.15, -0.1) is 0 Å². The lowest BCUT2D eigenvalue weighted by atomic mass is 10.0. The first-order valence-electron chi connectivity index (χ1n) is 6.03. The maximum Gasteiger partial charge on any atom is 0.175 e. The van der Waals surface area contributed by atoms with E-state index >= 15 is 0 Å². The second kappa shape index (κ2) is 5.27. The van der Waals surface area contributed by atoms with E-state index in [0.717, 1.165) is 15.8 Å². The van der Waals surface area contributed by atoms with E-state index in [1.54, 1.807) is 6.26 Å². The van der Waals surface area contributed by atoms with Crippen molar-refractivity contribution in [3.05, 3.63) is 46.3 Å². The van der Waals surface area contributed by atoms with Crippen LogP contribution in [-0.2, 0) is 6.42 Å². The molecule has 0 aliphatic carbocycles. The van der Waals surface area contributed by atoms with Gasteiger partial charge in [-0.05, 0) is 45.8 Å². The molecule has 0 spiro atoms. The first-order valence-corrected chi connectivity index (χ1v) is 6.83. The smallest absolute Gasteiger partial charge is 0.175 e.